The average molecular weight is 353 g/mol. The van der Waals surface area contributed by atoms with Gasteiger partial charge in [0.15, 0.2) is 0 Å². The van der Waals surface area contributed by atoms with Crippen molar-refractivity contribution in [1.82, 2.24) is 0 Å². The number of hydrogen-bond acceptors (Lipinski definition) is 0. The van der Waals surface area contributed by atoms with Gasteiger partial charge in [0.05, 0.1) is 0 Å². The monoisotopic (exact) mass is 352 g/mol. The van der Waals surface area contributed by atoms with E-state index in [0.717, 1.165) is 0 Å². The third-order valence-electron chi connectivity index (χ3n) is 5.57. The molecule has 4 aromatic rings. The van der Waals surface area contributed by atoms with E-state index < -0.39 is 0 Å². The molecule has 0 atom stereocenters. The molecule has 0 saturated heterocycles. The molecular weight excluding hydrogens is 324 g/mol. The lowest BCUT2D eigenvalue weighted by Gasteiger charge is -2.19. The van der Waals surface area contributed by atoms with Gasteiger partial charge in [0.1, 0.15) is 0 Å². The number of fused-ring (bicyclic) bond motifs is 2. The minimum Gasteiger partial charge on any atom is -0.0587 e. The zero-order valence-electron chi connectivity index (χ0n) is 17.0. The maximum absolute atomic E-state index is 2.33. The molecule has 0 saturated carbocycles. The van der Waals surface area contributed by atoms with Crippen molar-refractivity contribution in [1.29, 1.82) is 0 Å². The summed E-state index contributed by atoms with van der Waals surface area (Å²) >= 11 is 0. The van der Waals surface area contributed by atoms with Crippen LogP contribution in [0.1, 0.15) is 51.7 Å². The van der Waals surface area contributed by atoms with Crippen molar-refractivity contribution < 1.29 is 0 Å². The molecule has 0 spiro atoms. The van der Waals surface area contributed by atoms with Crippen LogP contribution in [0, 0.1) is 0 Å². The highest BCUT2D eigenvalue weighted by Gasteiger charge is 2.13. The van der Waals surface area contributed by atoms with Gasteiger partial charge in [-0.3, -0.25) is 0 Å². The minimum atomic E-state index is 0.181. The van der Waals surface area contributed by atoms with Gasteiger partial charge in [-0.05, 0) is 67.3 Å². The summed E-state index contributed by atoms with van der Waals surface area (Å²) in [5, 5.41) is 5.24. The molecule has 0 aromatic heterocycles. The normalized spacial score (nSPS) is 12.2. The second kappa shape index (κ2) is 6.53. The van der Waals surface area contributed by atoms with Gasteiger partial charge >= 0.3 is 0 Å². The Morgan fingerprint density at radius 2 is 1.04 bits per heavy atom. The topological polar surface area (TPSA) is 0 Å². The standard InChI is InChI=1S/C27H28/c1-18(2)19-6-7-21-15-22(9-8-20(21)14-19)23-10-11-25-17-26(27(3,4)5)13-12-24(25)16-23/h6-18H,1-5H3. The molecule has 0 fully saturated rings. The largest absolute Gasteiger partial charge is 0.0587 e. The summed E-state index contributed by atoms with van der Waals surface area (Å²) in [5.41, 5.74) is 5.52. The molecule has 4 rings (SSSR count). The summed E-state index contributed by atoms with van der Waals surface area (Å²) in [7, 11) is 0. The predicted octanol–water partition coefficient (Wildman–Crippen LogP) is 8.08. The maximum atomic E-state index is 2.33. The summed E-state index contributed by atoms with van der Waals surface area (Å²) in [6.45, 7) is 11.3. The quantitative estimate of drug-likeness (QED) is 0.342. The molecule has 4 aromatic carbocycles. The Labute approximate surface area is 162 Å². The van der Waals surface area contributed by atoms with Gasteiger partial charge in [0, 0.05) is 0 Å². The second-order valence-electron chi connectivity index (χ2n) is 9.00. The van der Waals surface area contributed by atoms with E-state index in [1.807, 2.05) is 0 Å². The van der Waals surface area contributed by atoms with E-state index in [2.05, 4.69) is 107 Å². The summed E-state index contributed by atoms with van der Waals surface area (Å²) in [6, 6.07) is 27.3. The Morgan fingerprint density at radius 1 is 0.556 bits per heavy atom. The second-order valence-corrected chi connectivity index (χ2v) is 9.00. The molecule has 0 radical (unpaired) electrons. The van der Waals surface area contributed by atoms with Crippen molar-refractivity contribution in [2.24, 2.45) is 0 Å². The first-order chi connectivity index (χ1) is 12.8. The summed E-state index contributed by atoms with van der Waals surface area (Å²) in [4.78, 5) is 0. The third-order valence-corrected chi connectivity index (χ3v) is 5.57. The van der Waals surface area contributed by atoms with E-state index in [-0.39, 0.29) is 5.41 Å². The van der Waals surface area contributed by atoms with Crippen LogP contribution in [0.4, 0.5) is 0 Å². The molecule has 136 valence electrons. The van der Waals surface area contributed by atoms with Gasteiger partial charge in [0.25, 0.3) is 0 Å². The minimum absolute atomic E-state index is 0.181. The van der Waals surface area contributed by atoms with Gasteiger partial charge in [-0.15, -0.1) is 0 Å². The molecule has 27 heavy (non-hydrogen) atoms. The molecule has 0 aliphatic carbocycles. The van der Waals surface area contributed by atoms with Crippen LogP contribution in [-0.4, -0.2) is 0 Å². The van der Waals surface area contributed by atoms with E-state index >= 15 is 0 Å². The van der Waals surface area contributed by atoms with Gasteiger partial charge in [-0.2, -0.15) is 0 Å². The Balaban J connectivity index is 1.76. The van der Waals surface area contributed by atoms with Gasteiger partial charge in [-0.1, -0.05) is 95.3 Å². The molecule has 0 aliphatic heterocycles. The van der Waals surface area contributed by atoms with Crippen LogP contribution in [0.3, 0.4) is 0 Å². The first-order valence-electron chi connectivity index (χ1n) is 9.90. The van der Waals surface area contributed by atoms with E-state index in [1.54, 1.807) is 0 Å². The first-order valence-corrected chi connectivity index (χ1v) is 9.90. The van der Waals surface area contributed by atoms with Crippen LogP contribution in [0.5, 0.6) is 0 Å². The van der Waals surface area contributed by atoms with Gasteiger partial charge < -0.3 is 0 Å². The highest BCUT2D eigenvalue weighted by Crippen LogP contribution is 2.31. The molecular formula is C27H28. The Morgan fingerprint density at radius 3 is 1.59 bits per heavy atom. The lowest BCUT2D eigenvalue weighted by atomic mass is 9.85. The lowest BCUT2D eigenvalue weighted by molar-refractivity contribution is 0.591. The molecule has 0 amide bonds. The van der Waals surface area contributed by atoms with Crippen LogP contribution in [0.2, 0.25) is 0 Å². The fourth-order valence-corrected chi connectivity index (χ4v) is 3.69. The van der Waals surface area contributed by atoms with Gasteiger partial charge in [0.2, 0.25) is 0 Å². The first kappa shape index (κ1) is 17.8. The fraction of sp³-hybridized carbons (Fsp3) is 0.259. The van der Waals surface area contributed by atoms with E-state index in [1.165, 1.54) is 43.8 Å². The molecule has 0 nitrogen and oxygen atoms in total. The Kier molecular flexibility index (Phi) is 4.30. The van der Waals surface area contributed by atoms with E-state index in [9.17, 15) is 0 Å². The SMILES string of the molecule is CC(C)c1ccc2cc(-c3ccc4cc(C(C)(C)C)ccc4c3)ccc2c1. The van der Waals surface area contributed by atoms with Gasteiger partial charge in [-0.25, -0.2) is 0 Å². The smallest absolute Gasteiger partial charge is 0.0132 e. The summed E-state index contributed by atoms with van der Waals surface area (Å²) in [6.07, 6.45) is 0. The van der Waals surface area contributed by atoms with E-state index in [4.69, 9.17) is 0 Å². The lowest BCUT2D eigenvalue weighted by Crippen LogP contribution is -2.10. The number of benzene rings is 4. The Hall–Kier alpha value is -2.60. The summed E-state index contributed by atoms with van der Waals surface area (Å²) < 4.78 is 0. The molecule has 0 heterocycles. The zero-order chi connectivity index (χ0) is 19.2. The molecule has 0 heteroatoms. The van der Waals surface area contributed by atoms with Crippen molar-refractivity contribution in [3.8, 4) is 11.1 Å². The van der Waals surface area contributed by atoms with Crippen LogP contribution in [0.25, 0.3) is 32.7 Å². The molecule has 0 N–H and O–H groups in total. The number of rotatable bonds is 2. The van der Waals surface area contributed by atoms with Crippen LogP contribution in [-0.2, 0) is 5.41 Å². The highest BCUT2D eigenvalue weighted by atomic mass is 14.2. The van der Waals surface area contributed by atoms with Crippen molar-refractivity contribution >= 4 is 21.5 Å². The van der Waals surface area contributed by atoms with Crippen molar-refractivity contribution in [3.63, 3.8) is 0 Å². The van der Waals surface area contributed by atoms with Crippen molar-refractivity contribution in [2.45, 2.75) is 46.0 Å². The molecule has 0 bridgehead atoms. The number of hydrogen-bond donors (Lipinski definition) is 0. The van der Waals surface area contributed by atoms with E-state index in [0.29, 0.717) is 5.92 Å². The van der Waals surface area contributed by atoms with Crippen LogP contribution < -0.4 is 0 Å². The van der Waals surface area contributed by atoms with Crippen molar-refractivity contribution in [2.75, 3.05) is 0 Å². The highest BCUT2D eigenvalue weighted by molar-refractivity contribution is 5.91. The zero-order valence-corrected chi connectivity index (χ0v) is 17.0. The Bertz CT molecular complexity index is 1120. The van der Waals surface area contributed by atoms with Crippen molar-refractivity contribution in [3.05, 3.63) is 83.9 Å². The summed E-state index contributed by atoms with van der Waals surface area (Å²) in [5.74, 6) is 0.563. The van der Waals surface area contributed by atoms with Crippen LogP contribution >= 0.6 is 0 Å². The molecule has 0 unspecified atom stereocenters. The average Bonchev–Trinajstić information content (AvgIpc) is 2.65. The third kappa shape index (κ3) is 3.49. The fourth-order valence-electron chi connectivity index (χ4n) is 3.69. The maximum Gasteiger partial charge on any atom is -0.0132 e. The predicted molar refractivity (Wildman–Crippen MR) is 120 cm³/mol. The molecule has 0 aliphatic rings. The van der Waals surface area contributed by atoms with Crippen LogP contribution in [0.15, 0.2) is 72.8 Å².